The highest BCUT2D eigenvalue weighted by molar-refractivity contribution is 7.81. The van der Waals surface area contributed by atoms with Crippen LogP contribution in [0.1, 0.15) is 20.8 Å². The van der Waals surface area contributed by atoms with Gasteiger partial charge < -0.3 is 10.6 Å². The molecule has 0 fully saturated rings. The third kappa shape index (κ3) is 4.77. The highest BCUT2D eigenvalue weighted by Gasteiger charge is 2.16. The first kappa shape index (κ1) is 12.3. The van der Waals surface area contributed by atoms with Crippen LogP contribution in [0.25, 0.3) is 0 Å². The number of nitrogens with one attached hydrogen (secondary N) is 2. The van der Waals surface area contributed by atoms with E-state index in [-0.39, 0.29) is 11.8 Å². The van der Waals surface area contributed by atoms with Gasteiger partial charge in [-0.25, -0.2) is 0 Å². The predicted molar refractivity (Wildman–Crippen MR) is 54.7 cm³/mol. The van der Waals surface area contributed by atoms with Crippen molar-refractivity contribution in [1.29, 1.82) is 0 Å². The quantitative estimate of drug-likeness (QED) is 0.562. The first-order valence-electron chi connectivity index (χ1n) is 4.25. The molecule has 2 amide bonds. The Labute approximate surface area is 83.9 Å². The summed E-state index contributed by atoms with van der Waals surface area (Å²) in [4.78, 5) is 22.2. The smallest absolute Gasteiger partial charge is 0.242 e. The van der Waals surface area contributed by atoms with Gasteiger partial charge in [-0.3, -0.25) is 9.59 Å². The zero-order chi connectivity index (χ0) is 10.4. The third-order valence-corrected chi connectivity index (χ3v) is 1.72. The Kier molecular flexibility index (Phi) is 5.53. The lowest BCUT2D eigenvalue weighted by molar-refractivity contribution is -0.128. The van der Waals surface area contributed by atoms with Crippen molar-refractivity contribution in [2.24, 2.45) is 0 Å². The van der Waals surface area contributed by atoms with Crippen molar-refractivity contribution >= 4 is 24.4 Å². The minimum atomic E-state index is -0.498. The van der Waals surface area contributed by atoms with Crippen LogP contribution in [0.4, 0.5) is 0 Å². The fourth-order valence-electron chi connectivity index (χ4n) is 0.727. The Balaban J connectivity index is 3.92. The molecule has 5 heteroatoms. The highest BCUT2D eigenvalue weighted by atomic mass is 32.1. The molecule has 0 aromatic rings. The van der Waals surface area contributed by atoms with Crippen LogP contribution >= 0.6 is 12.6 Å². The molecule has 0 heterocycles. The van der Waals surface area contributed by atoms with E-state index in [1.165, 1.54) is 0 Å². The molecule has 4 nitrogen and oxygen atoms in total. The van der Waals surface area contributed by atoms with Crippen LogP contribution in [-0.4, -0.2) is 29.7 Å². The maximum Gasteiger partial charge on any atom is 0.242 e. The summed E-state index contributed by atoms with van der Waals surface area (Å²) in [5.74, 6) is -0.410. The van der Waals surface area contributed by atoms with Crippen molar-refractivity contribution in [3.8, 4) is 0 Å². The maximum absolute atomic E-state index is 11.2. The minimum Gasteiger partial charge on any atom is -0.355 e. The van der Waals surface area contributed by atoms with Crippen molar-refractivity contribution in [2.75, 3.05) is 6.54 Å². The van der Waals surface area contributed by atoms with Gasteiger partial charge in [0.05, 0.1) is 5.25 Å². The number of thiol groups is 1. The van der Waals surface area contributed by atoms with E-state index < -0.39 is 11.3 Å². The van der Waals surface area contributed by atoms with Gasteiger partial charge in [-0.2, -0.15) is 12.6 Å². The van der Waals surface area contributed by atoms with Gasteiger partial charge in [0.2, 0.25) is 11.8 Å². The number of carbonyl (C=O) groups is 2. The molecule has 2 atom stereocenters. The summed E-state index contributed by atoms with van der Waals surface area (Å²) in [6, 6.07) is -0.498. The van der Waals surface area contributed by atoms with Crippen LogP contribution in [0.2, 0.25) is 0 Å². The van der Waals surface area contributed by atoms with Crippen LogP contribution in [-0.2, 0) is 9.59 Å². The maximum atomic E-state index is 11.2. The van der Waals surface area contributed by atoms with Gasteiger partial charge in [-0.05, 0) is 20.8 Å². The molecule has 0 aliphatic carbocycles. The Morgan fingerprint density at radius 2 is 1.85 bits per heavy atom. The summed E-state index contributed by atoms with van der Waals surface area (Å²) in [6.07, 6.45) is 0. The summed E-state index contributed by atoms with van der Waals surface area (Å²) in [5.41, 5.74) is 0. The van der Waals surface area contributed by atoms with Gasteiger partial charge in [0.25, 0.3) is 0 Å². The predicted octanol–water partition coefficient (Wildman–Crippen LogP) is -0.0545. The first-order chi connectivity index (χ1) is 5.99. The van der Waals surface area contributed by atoms with Crippen LogP contribution < -0.4 is 10.6 Å². The second-order valence-corrected chi connectivity index (χ2v) is 3.58. The average molecular weight is 204 g/mol. The van der Waals surface area contributed by atoms with E-state index in [0.29, 0.717) is 6.54 Å². The molecule has 13 heavy (non-hydrogen) atoms. The number of carbonyl (C=O) groups excluding carboxylic acids is 2. The van der Waals surface area contributed by atoms with Gasteiger partial charge >= 0.3 is 0 Å². The molecule has 2 unspecified atom stereocenters. The number of amides is 2. The molecule has 0 aliphatic rings. The molecule has 0 saturated carbocycles. The van der Waals surface area contributed by atoms with Crippen LogP contribution in [0.5, 0.6) is 0 Å². The summed E-state index contributed by atoms with van der Waals surface area (Å²) < 4.78 is 0. The van der Waals surface area contributed by atoms with E-state index in [0.717, 1.165) is 0 Å². The minimum absolute atomic E-state index is 0.176. The van der Waals surface area contributed by atoms with Crippen molar-refractivity contribution in [1.82, 2.24) is 10.6 Å². The molecular formula is C8H16N2O2S. The van der Waals surface area contributed by atoms with E-state index in [2.05, 4.69) is 23.3 Å². The standard InChI is InChI=1S/C8H16N2O2S/c1-4-9-7(11)5(2)10-8(12)6(3)13/h5-6,13H,4H2,1-3H3,(H,9,11)(H,10,12). The van der Waals surface area contributed by atoms with E-state index in [1.807, 2.05) is 6.92 Å². The molecular weight excluding hydrogens is 188 g/mol. The van der Waals surface area contributed by atoms with E-state index >= 15 is 0 Å². The summed E-state index contributed by atoms with van der Waals surface area (Å²) in [7, 11) is 0. The van der Waals surface area contributed by atoms with Gasteiger partial charge in [0.1, 0.15) is 6.04 Å². The van der Waals surface area contributed by atoms with E-state index in [9.17, 15) is 9.59 Å². The fraction of sp³-hybridized carbons (Fsp3) is 0.750. The lowest BCUT2D eigenvalue weighted by Crippen LogP contribution is -2.46. The van der Waals surface area contributed by atoms with Crippen molar-refractivity contribution in [2.45, 2.75) is 32.1 Å². The Morgan fingerprint density at radius 1 is 1.31 bits per heavy atom. The second-order valence-electron chi connectivity index (χ2n) is 2.80. The molecule has 0 radical (unpaired) electrons. The average Bonchev–Trinajstić information content (AvgIpc) is 2.04. The summed E-state index contributed by atoms with van der Waals surface area (Å²) in [6.45, 7) is 5.69. The largest absolute Gasteiger partial charge is 0.355 e. The zero-order valence-corrected chi connectivity index (χ0v) is 9.02. The second kappa shape index (κ2) is 5.85. The van der Waals surface area contributed by atoms with Gasteiger partial charge in [0, 0.05) is 6.54 Å². The third-order valence-electron chi connectivity index (χ3n) is 1.48. The monoisotopic (exact) mass is 204 g/mol. The molecule has 2 N–H and O–H groups in total. The number of hydrogen-bond acceptors (Lipinski definition) is 3. The lowest BCUT2D eigenvalue weighted by Gasteiger charge is -2.14. The van der Waals surface area contributed by atoms with Gasteiger partial charge in [-0.1, -0.05) is 0 Å². The molecule has 0 saturated heterocycles. The van der Waals surface area contributed by atoms with Gasteiger partial charge in [-0.15, -0.1) is 0 Å². The number of hydrogen-bond donors (Lipinski definition) is 3. The summed E-state index contributed by atoms with van der Waals surface area (Å²) in [5, 5.41) is 4.76. The highest BCUT2D eigenvalue weighted by Crippen LogP contribution is 1.93. The SMILES string of the molecule is CCNC(=O)C(C)NC(=O)C(C)S. The van der Waals surface area contributed by atoms with Crippen LogP contribution in [0.15, 0.2) is 0 Å². The number of rotatable bonds is 4. The fourth-order valence-corrected chi connectivity index (χ4v) is 0.801. The van der Waals surface area contributed by atoms with Crippen molar-refractivity contribution in [3.05, 3.63) is 0 Å². The van der Waals surface area contributed by atoms with E-state index in [4.69, 9.17) is 0 Å². The molecule has 76 valence electrons. The Bertz CT molecular complexity index is 195. The topological polar surface area (TPSA) is 58.2 Å². The molecule has 0 aromatic heterocycles. The van der Waals surface area contributed by atoms with Crippen molar-refractivity contribution in [3.63, 3.8) is 0 Å². The van der Waals surface area contributed by atoms with E-state index in [1.54, 1.807) is 13.8 Å². The normalized spacial score (nSPS) is 14.5. The zero-order valence-electron chi connectivity index (χ0n) is 8.13. The lowest BCUT2D eigenvalue weighted by atomic mass is 10.3. The Morgan fingerprint density at radius 3 is 2.23 bits per heavy atom. The van der Waals surface area contributed by atoms with Crippen molar-refractivity contribution < 1.29 is 9.59 Å². The van der Waals surface area contributed by atoms with Crippen LogP contribution in [0.3, 0.4) is 0 Å². The van der Waals surface area contributed by atoms with Gasteiger partial charge in [0.15, 0.2) is 0 Å². The van der Waals surface area contributed by atoms with Crippen LogP contribution in [0, 0.1) is 0 Å². The molecule has 0 spiro atoms. The number of likely N-dealkylation sites (N-methyl/N-ethyl adjacent to an activating group) is 1. The molecule has 0 rings (SSSR count). The molecule has 0 aromatic carbocycles. The molecule has 0 aliphatic heterocycles. The molecule has 0 bridgehead atoms. The first-order valence-corrected chi connectivity index (χ1v) is 4.76. The summed E-state index contributed by atoms with van der Waals surface area (Å²) >= 11 is 3.94. The Hall–Kier alpha value is -0.710.